The van der Waals surface area contributed by atoms with E-state index in [9.17, 15) is 18.0 Å². The van der Waals surface area contributed by atoms with E-state index in [1.165, 1.54) is 11.3 Å². The molecular formula is C14H20N2O6S2. The number of hydrogen-bond donors (Lipinski definition) is 1. The zero-order chi connectivity index (χ0) is 17.9. The Morgan fingerprint density at radius 3 is 2.71 bits per heavy atom. The molecule has 0 bridgehead atoms. The number of thiophene rings is 1. The van der Waals surface area contributed by atoms with Gasteiger partial charge in [-0.2, -0.15) is 15.6 Å². The highest BCUT2D eigenvalue weighted by molar-refractivity contribution is 7.88. The first kappa shape index (κ1) is 18.8. The normalized spacial score (nSPS) is 18.8. The maximum atomic E-state index is 12.5. The predicted octanol–water partition coefficient (Wildman–Crippen LogP) is 0.244. The Labute approximate surface area is 144 Å². The largest absolute Gasteiger partial charge is 0.480 e. The summed E-state index contributed by atoms with van der Waals surface area (Å²) >= 11 is 1.45. The fourth-order valence-corrected chi connectivity index (χ4v) is 4.06. The van der Waals surface area contributed by atoms with Crippen LogP contribution in [0.5, 0.6) is 0 Å². The van der Waals surface area contributed by atoms with Gasteiger partial charge >= 0.3 is 5.97 Å². The van der Waals surface area contributed by atoms with Crippen molar-refractivity contribution in [2.75, 3.05) is 39.0 Å². The minimum Gasteiger partial charge on any atom is -0.480 e. The second kappa shape index (κ2) is 7.60. The molecule has 2 heterocycles. The molecule has 8 nitrogen and oxygen atoms in total. The van der Waals surface area contributed by atoms with Gasteiger partial charge in [-0.15, -0.1) is 0 Å². The molecule has 10 heteroatoms. The summed E-state index contributed by atoms with van der Waals surface area (Å²) in [5.74, 6) is -1.36. The summed E-state index contributed by atoms with van der Waals surface area (Å²) in [6.45, 7) is 2.06. The second-order valence-corrected chi connectivity index (χ2v) is 8.39. The van der Waals surface area contributed by atoms with Gasteiger partial charge in [0.1, 0.15) is 6.54 Å². The second-order valence-electron chi connectivity index (χ2n) is 5.66. The van der Waals surface area contributed by atoms with Crippen LogP contribution in [0.1, 0.15) is 15.9 Å². The van der Waals surface area contributed by atoms with Gasteiger partial charge in [-0.1, -0.05) is 0 Å². The quantitative estimate of drug-likeness (QED) is 0.763. The molecule has 0 spiro atoms. The molecule has 0 aliphatic carbocycles. The van der Waals surface area contributed by atoms with Crippen molar-refractivity contribution in [3.8, 4) is 0 Å². The lowest BCUT2D eigenvalue weighted by atomic mass is 10.1. The Morgan fingerprint density at radius 1 is 1.46 bits per heavy atom. The summed E-state index contributed by atoms with van der Waals surface area (Å²) in [7, 11) is -3.68. The van der Waals surface area contributed by atoms with Crippen LogP contribution in [0.3, 0.4) is 0 Å². The van der Waals surface area contributed by atoms with Crippen molar-refractivity contribution < 1.29 is 27.9 Å². The zero-order valence-electron chi connectivity index (χ0n) is 13.5. The number of morpholine rings is 1. The van der Waals surface area contributed by atoms with Crippen LogP contribution in [-0.2, 0) is 19.6 Å². The number of rotatable bonds is 6. The summed E-state index contributed by atoms with van der Waals surface area (Å²) in [6, 6.07) is 0. The van der Waals surface area contributed by atoms with Crippen LogP contribution in [0.25, 0.3) is 0 Å². The lowest BCUT2D eigenvalue weighted by Gasteiger charge is -2.34. The van der Waals surface area contributed by atoms with Gasteiger partial charge in [0.05, 0.1) is 24.5 Å². The molecule has 134 valence electrons. The van der Waals surface area contributed by atoms with E-state index in [2.05, 4.69) is 0 Å². The van der Waals surface area contributed by atoms with Gasteiger partial charge in [0, 0.05) is 25.0 Å². The van der Waals surface area contributed by atoms with Crippen molar-refractivity contribution >= 4 is 33.2 Å². The number of sulfonamides is 1. The van der Waals surface area contributed by atoms with Crippen molar-refractivity contribution in [1.29, 1.82) is 0 Å². The van der Waals surface area contributed by atoms with E-state index in [4.69, 9.17) is 9.84 Å². The third-order valence-electron chi connectivity index (χ3n) is 3.70. The van der Waals surface area contributed by atoms with E-state index < -0.39 is 28.6 Å². The molecule has 1 saturated heterocycles. The average Bonchev–Trinajstić information content (AvgIpc) is 2.91. The number of carboxylic acid groups (broad SMARTS) is 1. The number of aryl methyl sites for hydroxylation is 1. The molecule has 1 aromatic heterocycles. The number of amides is 1. The van der Waals surface area contributed by atoms with Crippen LogP contribution >= 0.6 is 11.3 Å². The number of ether oxygens (including phenoxy) is 1. The van der Waals surface area contributed by atoms with Gasteiger partial charge in [-0.3, -0.25) is 9.59 Å². The molecule has 0 saturated carbocycles. The van der Waals surface area contributed by atoms with Crippen LogP contribution in [0.4, 0.5) is 0 Å². The summed E-state index contributed by atoms with van der Waals surface area (Å²) < 4.78 is 29.8. The van der Waals surface area contributed by atoms with Crippen LogP contribution in [0.15, 0.2) is 10.8 Å². The van der Waals surface area contributed by atoms with Gasteiger partial charge in [-0.25, -0.2) is 8.42 Å². The fraction of sp³-hybridized carbons (Fsp3) is 0.571. The van der Waals surface area contributed by atoms with Crippen molar-refractivity contribution in [3.05, 3.63) is 21.9 Å². The average molecular weight is 376 g/mol. The van der Waals surface area contributed by atoms with Crippen LogP contribution < -0.4 is 0 Å². The number of aliphatic carboxylic acids is 1. The minimum atomic E-state index is -3.68. The van der Waals surface area contributed by atoms with Crippen LogP contribution in [0.2, 0.25) is 0 Å². The van der Waals surface area contributed by atoms with Crippen molar-refractivity contribution in [1.82, 2.24) is 9.21 Å². The molecule has 1 aliphatic heterocycles. The minimum absolute atomic E-state index is 0.0997. The van der Waals surface area contributed by atoms with E-state index in [-0.39, 0.29) is 25.6 Å². The Kier molecular flexibility index (Phi) is 5.97. The van der Waals surface area contributed by atoms with E-state index in [1.807, 2.05) is 12.3 Å². The van der Waals surface area contributed by atoms with Crippen LogP contribution in [0, 0.1) is 6.92 Å². The highest BCUT2D eigenvalue weighted by atomic mass is 32.2. The fourth-order valence-electron chi connectivity index (χ4n) is 2.46. The van der Waals surface area contributed by atoms with Gasteiger partial charge in [0.25, 0.3) is 5.91 Å². The monoisotopic (exact) mass is 376 g/mol. The van der Waals surface area contributed by atoms with Crippen molar-refractivity contribution in [3.63, 3.8) is 0 Å². The summed E-state index contributed by atoms with van der Waals surface area (Å²) in [5.41, 5.74) is 1.53. The van der Waals surface area contributed by atoms with Crippen LogP contribution in [-0.4, -0.2) is 79.8 Å². The molecule has 1 aromatic rings. The highest BCUT2D eigenvalue weighted by Crippen LogP contribution is 2.18. The first-order chi connectivity index (χ1) is 11.2. The Hall–Kier alpha value is -1.49. The molecule has 0 unspecified atom stereocenters. The molecule has 24 heavy (non-hydrogen) atoms. The lowest BCUT2D eigenvalue weighted by molar-refractivity contribution is -0.137. The van der Waals surface area contributed by atoms with E-state index in [0.29, 0.717) is 12.1 Å². The summed E-state index contributed by atoms with van der Waals surface area (Å²) in [5, 5.41) is 12.5. The van der Waals surface area contributed by atoms with Gasteiger partial charge in [0.15, 0.2) is 0 Å². The Balaban J connectivity index is 2.05. The number of carbonyl (C=O) groups excluding carboxylic acids is 1. The highest BCUT2D eigenvalue weighted by Gasteiger charge is 2.30. The maximum Gasteiger partial charge on any atom is 0.318 e. The van der Waals surface area contributed by atoms with Gasteiger partial charge in [-0.05, 0) is 17.9 Å². The first-order valence-electron chi connectivity index (χ1n) is 7.29. The molecule has 0 radical (unpaired) electrons. The molecule has 0 aromatic carbocycles. The molecule has 1 atom stereocenters. The van der Waals surface area contributed by atoms with E-state index in [1.54, 1.807) is 10.3 Å². The number of hydrogen-bond acceptors (Lipinski definition) is 6. The SMILES string of the molecule is Cc1cscc1C(=O)N1CCO[C@@H](CN(CC(=O)O)S(C)(=O)=O)C1. The first-order valence-corrected chi connectivity index (χ1v) is 10.1. The van der Waals surface area contributed by atoms with E-state index in [0.717, 1.165) is 16.1 Å². The third kappa shape index (κ3) is 4.76. The Morgan fingerprint density at radius 2 is 2.17 bits per heavy atom. The summed E-state index contributed by atoms with van der Waals surface area (Å²) in [6.07, 6.45) is 0.395. The molecule has 1 fully saturated rings. The van der Waals surface area contributed by atoms with Gasteiger partial charge in [0.2, 0.25) is 10.0 Å². The zero-order valence-corrected chi connectivity index (χ0v) is 15.1. The molecule has 1 aliphatic rings. The molecule has 1 N–H and O–H groups in total. The topological polar surface area (TPSA) is 104 Å². The third-order valence-corrected chi connectivity index (χ3v) is 5.78. The van der Waals surface area contributed by atoms with Crippen molar-refractivity contribution in [2.24, 2.45) is 0 Å². The van der Waals surface area contributed by atoms with Crippen molar-refractivity contribution in [2.45, 2.75) is 13.0 Å². The standard InChI is InChI=1S/C14H20N2O6S2/c1-10-8-23-9-12(10)14(19)15-3-4-22-11(5-15)6-16(7-13(17)18)24(2,20)21/h8-9,11H,3-7H2,1-2H3,(H,17,18)/t11-/m1/s1. The predicted molar refractivity (Wildman–Crippen MR) is 88.8 cm³/mol. The molecule has 2 rings (SSSR count). The number of carbonyl (C=O) groups is 2. The summed E-state index contributed by atoms with van der Waals surface area (Å²) in [4.78, 5) is 25.0. The maximum absolute atomic E-state index is 12.5. The Bertz CT molecular complexity index is 715. The smallest absolute Gasteiger partial charge is 0.318 e. The molecule has 1 amide bonds. The number of nitrogens with zero attached hydrogens (tertiary/aromatic N) is 2. The molecular weight excluding hydrogens is 356 g/mol. The lowest BCUT2D eigenvalue weighted by Crippen LogP contribution is -2.51. The number of carboxylic acids is 1. The van der Waals surface area contributed by atoms with Gasteiger partial charge < -0.3 is 14.7 Å². The van der Waals surface area contributed by atoms with E-state index >= 15 is 0 Å².